The smallest absolute Gasteiger partial charge is 0.228 e. The Morgan fingerprint density at radius 1 is 1.62 bits per heavy atom. The van der Waals surface area contributed by atoms with Gasteiger partial charge in [-0.05, 0) is 17.9 Å². The first-order valence-corrected chi connectivity index (χ1v) is 4.96. The SMILES string of the molecule is CCC(C(N)=O)C(=O)c1ccsc1. The van der Waals surface area contributed by atoms with Gasteiger partial charge in [0.05, 0.1) is 0 Å². The lowest BCUT2D eigenvalue weighted by molar-refractivity contribution is -0.120. The second-order valence-electron chi connectivity index (χ2n) is 2.74. The first kappa shape index (κ1) is 9.92. The van der Waals surface area contributed by atoms with Gasteiger partial charge in [0, 0.05) is 10.9 Å². The van der Waals surface area contributed by atoms with E-state index in [1.54, 1.807) is 23.8 Å². The van der Waals surface area contributed by atoms with Crippen molar-refractivity contribution >= 4 is 23.0 Å². The third-order valence-electron chi connectivity index (χ3n) is 1.87. The lowest BCUT2D eigenvalue weighted by Crippen LogP contribution is -2.29. The molecule has 0 aliphatic carbocycles. The average molecular weight is 197 g/mol. The van der Waals surface area contributed by atoms with Gasteiger partial charge in [0.25, 0.3) is 0 Å². The molecule has 13 heavy (non-hydrogen) atoms. The van der Waals surface area contributed by atoms with Crippen LogP contribution in [0.3, 0.4) is 0 Å². The van der Waals surface area contributed by atoms with Crippen LogP contribution in [-0.4, -0.2) is 11.7 Å². The van der Waals surface area contributed by atoms with Gasteiger partial charge in [-0.15, -0.1) is 0 Å². The summed E-state index contributed by atoms with van der Waals surface area (Å²) >= 11 is 1.43. The Morgan fingerprint density at radius 2 is 2.31 bits per heavy atom. The zero-order valence-electron chi connectivity index (χ0n) is 7.32. The summed E-state index contributed by atoms with van der Waals surface area (Å²) in [7, 11) is 0. The third kappa shape index (κ3) is 2.15. The van der Waals surface area contributed by atoms with Crippen molar-refractivity contribution in [2.24, 2.45) is 11.7 Å². The van der Waals surface area contributed by atoms with E-state index in [0.717, 1.165) is 0 Å². The molecule has 1 atom stereocenters. The number of amides is 1. The van der Waals surface area contributed by atoms with E-state index in [-0.39, 0.29) is 5.78 Å². The maximum Gasteiger partial charge on any atom is 0.228 e. The Hall–Kier alpha value is -1.16. The predicted octanol–water partition coefficient (Wildman–Crippen LogP) is 1.44. The molecule has 0 aliphatic rings. The number of hydrogen-bond donors (Lipinski definition) is 1. The Bertz CT molecular complexity index is 305. The molecule has 70 valence electrons. The first-order valence-electron chi connectivity index (χ1n) is 4.02. The molecule has 1 aromatic rings. The fourth-order valence-electron chi connectivity index (χ4n) is 1.12. The van der Waals surface area contributed by atoms with Crippen LogP contribution >= 0.6 is 11.3 Å². The summed E-state index contributed by atoms with van der Waals surface area (Å²) in [5.74, 6) is -1.38. The fraction of sp³-hybridized carbons (Fsp3) is 0.333. The Balaban J connectivity index is 2.83. The lowest BCUT2D eigenvalue weighted by atomic mass is 9.96. The van der Waals surface area contributed by atoms with Crippen molar-refractivity contribution in [3.8, 4) is 0 Å². The van der Waals surface area contributed by atoms with Gasteiger partial charge < -0.3 is 5.73 Å². The molecule has 1 amide bonds. The van der Waals surface area contributed by atoms with Crippen LogP contribution in [0.15, 0.2) is 16.8 Å². The number of nitrogens with two attached hydrogens (primary N) is 1. The van der Waals surface area contributed by atoms with Crippen molar-refractivity contribution in [2.45, 2.75) is 13.3 Å². The fourth-order valence-corrected chi connectivity index (χ4v) is 1.77. The molecular weight excluding hydrogens is 186 g/mol. The minimum atomic E-state index is -0.672. The van der Waals surface area contributed by atoms with Gasteiger partial charge in [-0.2, -0.15) is 11.3 Å². The number of thiophene rings is 1. The van der Waals surface area contributed by atoms with E-state index in [2.05, 4.69) is 0 Å². The summed E-state index contributed by atoms with van der Waals surface area (Å²) in [5.41, 5.74) is 5.68. The Morgan fingerprint density at radius 3 is 2.69 bits per heavy atom. The molecule has 0 radical (unpaired) electrons. The molecule has 0 fully saturated rings. The van der Waals surface area contributed by atoms with Gasteiger partial charge in [-0.1, -0.05) is 6.92 Å². The molecule has 0 saturated carbocycles. The molecule has 1 unspecified atom stereocenters. The van der Waals surface area contributed by atoms with Crippen molar-refractivity contribution in [1.82, 2.24) is 0 Å². The van der Waals surface area contributed by atoms with Gasteiger partial charge in [-0.25, -0.2) is 0 Å². The number of rotatable bonds is 4. The summed E-state index contributed by atoms with van der Waals surface area (Å²) in [6.45, 7) is 1.78. The monoisotopic (exact) mass is 197 g/mol. The highest BCUT2D eigenvalue weighted by Gasteiger charge is 2.23. The molecule has 1 rings (SSSR count). The van der Waals surface area contributed by atoms with E-state index < -0.39 is 11.8 Å². The van der Waals surface area contributed by atoms with Crippen molar-refractivity contribution in [3.05, 3.63) is 22.4 Å². The van der Waals surface area contributed by atoms with E-state index in [9.17, 15) is 9.59 Å². The van der Waals surface area contributed by atoms with E-state index >= 15 is 0 Å². The molecule has 1 aromatic heterocycles. The summed E-state index contributed by atoms with van der Waals surface area (Å²) in [6, 6.07) is 1.71. The van der Waals surface area contributed by atoms with Gasteiger partial charge in [0.2, 0.25) is 5.91 Å². The van der Waals surface area contributed by atoms with Crippen LogP contribution in [0.4, 0.5) is 0 Å². The first-order chi connectivity index (χ1) is 6.16. The maximum absolute atomic E-state index is 11.6. The number of primary amides is 1. The van der Waals surface area contributed by atoms with Crippen LogP contribution in [0.25, 0.3) is 0 Å². The van der Waals surface area contributed by atoms with Gasteiger partial charge in [-0.3, -0.25) is 9.59 Å². The van der Waals surface area contributed by atoms with Crippen LogP contribution in [0.1, 0.15) is 23.7 Å². The molecule has 1 heterocycles. The normalized spacial score (nSPS) is 12.4. The molecule has 0 saturated heterocycles. The van der Waals surface area contributed by atoms with Crippen molar-refractivity contribution in [3.63, 3.8) is 0 Å². The number of carbonyl (C=O) groups is 2. The minimum absolute atomic E-state index is 0.170. The number of carbonyl (C=O) groups excluding carboxylic acids is 2. The highest BCUT2D eigenvalue weighted by atomic mass is 32.1. The summed E-state index contributed by atoms with van der Waals surface area (Å²) < 4.78 is 0. The van der Waals surface area contributed by atoms with Crippen LogP contribution < -0.4 is 5.73 Å². The topological polar surface area (TPSA) is 60.2 Å². The second kappa shape index (κ2) is 4.18. The number of ketones is 1. The molecule has 4 heteroatoms. The third-order valence-corrected chi connectivity index (χ3v) is 2.56. The standard InChI is InChI=1S/C9H11NO2S/c1-2-7(9(10)12)8(11)6-3-4-13-5-6/h3-5,7H,2H2,1H3,(H2,10,12). The predicted molar refractivity (Wildman–Crippen MR) is 51.6 cm³/mol. The highest BCUT2D eigenvalue weighted by Crippen LogP contribution is 2.14. The van der Waals surface area contributed by atoms with Crippen molar-refractivity contribution in [1.29, 1.82) is 0 Å². The van der Waals surface area contributed by atoms with E-state index in [1.165, 1.54) is 11.3 Å². The van der Waals surface area contributed by atoms with Gasteiger partial charge in [0.15, 0.2) is 5.78 Å². The number of hydrogen-bond acceptors (Lipinski definition) is 3. The maximum atomic E-state index is 11.6. The molecule has 0 bridgehead atoms. The summed E-state index contributed by atoms with van der Waals surface area (Å²) in [6.07, 6.45) is 0.462. The van der Waals surface area contributed by atoms with E-state index in [4.69, 9.17) is 5.73 Å². The molecule has 0 aliphatic heterocycles. The second-order valence-corrected chi connectivity index (χ2v) is 3.52. The van der Waals surface area contributed by atoms with Crippen molar-refractivity contribution in [2.75, 3.05) is 0 Å². The summed E-state index contributed by atoms with van der Waals surface area (Å²) in [5, 5.41) is 3.54. The largest absolute Gasteiger partial charge is 0.369 e. The van der Waals surface area contributed by atoms with Crippen LogP contribution in [0, 0.1) is 5.92 Å². The van der Waals surface area contributed by atoms with Crippen LogP contribution in [0.2, 0.25) is 0 Å². The molecule has 3 nitrogen and oxygen atoms in total. The zero-order valence-corrected chi connectivity index (χ0v) is 8.14. The van der Waals surface area contributed by atoms with E-state index in [1.807, 2.05) is 0 Å². The number of Topliss-reactive ketones (excluding diaryl/α,β-unsaturated/α-hetero) is 1. The van der Waals surface area contributed by atoms with Crippen LogP contribution in [0.5, 0.6) is 0 Å². The molecule has 0 spiro atoms. The minimum Gasteiger partial charge on any atom is -0.369 e. The Kier molecular flexibility index (Phi) is 3.19. The lowest BCUT2D eigenvalue weighted by Gasteiger charge is -2.07. The Labute approximate surface area is 80.6 Å². The summed E-state index contributed by atoms with van der Waals surface area (Å²) in [4.78, 5) is 22.5. The highest BCUT2D eigenvalue weighted by molar-refractivity contribution is 7.08. The molecule has 2 N–H and O–H groups in total. The molecule has 0 aromatic carbocycles. The zero-order chi connectivity index (χ0) is 9.84. The quantitative estimate of drug-likeness (QED) is 0.586. The molecular formula is C9H11NO2S. The van der Waals surface area contributed by atoms with Gasteiger partial charge in [0.1, 0.15) is 5.92 Å². The van der Waals surface area contributed by atoms with Gasteiger partial charge >= 0.3 is 0 Å². The van der Waals surface area contributed by atoms with Crippen LogP contribution in [-0.2, 0) is 4.79 Å². The average Bonchev–Trinajstić information content (AvgIpc) is 2.56. The van der Waals surface area contributed by atoms with Crippen molar-refractivity contribution < 1.29 is 9.59 Å². The van der Waals surface area contributed by atoms with E-state index in [0.29, 0.717) is 12.0 Å².